The highest BCUT2D eigenvalue weighted by molar-refractivity contribution is 5.95. The predicted octanol–water partition coefficient (Wildman–Crippen LogP) is -2.41. The Morgan fingerprint density at radius 2 is 1.54 bits per heavy atom. The van der Waals surface area contributed by atoms with Gasteiger partial charge in [-0.3, -0.25) is 24.2 Å². The number of hydrogen-bond acceptors (Lipinski definition) is 8. The fourth-order valence-electron chi connectivity index (χ4n) is 3.73. The van der Waals surface area contributed by atoms with E-state index < -0.39 is 60.2 Å². The molecule has 3 amide bonds. The molecule has 1 aromatic heterocycles. The van der Waals surface area contributed by atoms with Crippen LogP contribution >= 0.6 is 0 Å². The smallest absolute Gasteiger partial charge is 0.326 e. The molecule has 1 aromatic carbocycles. The summed E-state index contributed by atoms with van der Waals surface area (Å²) in [7, 11) is 0. The van der Waals surface area contributed by atoms with Gasteiger partial charge < -0.3 is 48.3 Å². The van der Waals surface area contributed by atoms with Crippen molar-refractivity contribution in [2.45, 2.75) is 56.3 Å². The van der Waals surface area contributed by atoms with Crippen molar-refractivity contribution in [3.63, 3.8) is 0 Å². The summed E-state index contributed by atoms with van der Waals surface area (Å²) in [5.41, 5.74) is 17.5. The minimum Gasteiger partial charge on any atom is -0.481 e. The third-order valence-corrected chi connectivity index (χ3v) is 5.83. The van der Waals surface area contributed by atoms with Crippen molar-refractivity contribution >= 4 is 35.6 Å². The van der Waals surface area contributed by atoms with Crippen LogP contribution in [0.2, 0.25) is 0 Å². The number of rotatable bonds is 17. The molecule has 16 heteroatoms. The minimum atomic E-state index is -1.58. The first-order valence-corrected chi connectivity index (χ1v) is 12.6. The zero-order valence-corrected chi connectivity index (χ0v) is 22.2. The molecular weight excluding hydrogens is 538 g/mol. The molecule has 2 aromatic rings. The zero-order chi connectivity index (χ0) is 30.4. The Hall–Kier alpha value is -4.99. The van der Waals surface area contributed by atoms with Crippen LogP contribution in [0.5, 0.6) is 0 Å². The molecule has 16 nitrogen and oxygen atoms in total. The number of guanidine groups is 1. The van der Waals surface area contributed by atoms with Crippen LogP contribution < -0.4 is 33.2 Å². The highest BCUT2D eigenvalue weighted by Gasteiger charge is 2.32. The van der Waals surface area contributed by atoms with Crippen molar-refractivity contribution in [1.82, 2.24) is 25.9 Å². The van der Waals surface area contributed by atoms with Gasteiger partial charge in [-0.05, 0) is 18.4 Å². The Balaban J connectivity index is 2.15. The first kappa shape index (κ1) is 32.2. The SMILES string of the molecule is NC(N)=NCCCC(N)C(=O)NC(CC(=O)O)C(=O)NC(Cc1cnc[nH]1)C(=O)NC(Cc1ccccc1)C(=O)O. The van der Waals surface area contributed by atoms with E-state index in [4.69, 9.17) is 17.2 Å². The number of carbonyl (C=O) groups excluding carboxylic acids is 3. The van der Waals surface area contributed by atoms with Crippen molar-refractivity contribution < 1.29 is 34.2 Å². The Morgan fingerprint density at radius 1 is 0.902 bits per heavy atom. The van der Waals surface area contributed by atoms with Gasteiger partial charge in [-0.15, -0.1) is 0 Å². The van der Waals surface area contributed by atoms with E-state index in [0.29, 0.717) is 17.7 Å². The van der Waals surface area contributed by atoms with Gasteiger partial charge in [-0.25, -0.2) is 9.78 Å². The summed E-state index contributed by atoms with van der Waals surface area (Å²) in [6, 6.07) is 3.29. The van der Waals surface area contributed by atoms with Gasteiger partial charge >= 0.3 is 11.9 Å². The number of carbonyl (C=O) groups is 5. The molecule has 0 saturated carbocycles. The van der Waals surface area contributed by atoms with Crippen LogP contribution in [0.3, 0.4) is 0 Å². The maximum absolute atomic E-state index is 13.2. The maximum atomic E-state index is 13.2. The molecule has 0 spiro atoms. The summed E-state index contributed by atoms with van der Waals surface area (Å²) < 4.78 is 0. The first-order chi connectivity index (χ1) is 19.5. The average molecular weight is 574 g/mol. The molecule has 222 valence electrons. The van der Waals surface area contributed by atoms with E-state index in [0.717, 1.165) is 0 Å². The van der Waals surface area contributed by atoms with Gasteiger partial charge in [-0.2, -0.15) is 0 Å². The number of nitrogens with one attached hydrogen (secondary N) is 4. The molecule has 41 heavy (non-hydrogen) atoms. The monoisotopic (exact) mass is 573 g/mol. The number of aliphatic carboxylic acids is 2. The van der Waals surface area contributed by atoms with Crippen LogP contribution in [0.1, 0.15) is 30.5 Å². The van der Waals surface area contributed by atoms with E-state index in [1.807, 2.05) is 0 Å². The van der Waals surface area contributed by atoms with Crippen molar-refractivity contribution in [2.24, 2.45) is 22.2 Å². The lowest BCUT2D eigenvalue weighted by Gasteiger charge is -2.24. The Bertz CT molecular complexity index is 1200. The summed E-state index contributed by atoms with van der Waals surface area (Å²) in [5.74, 6) is -5.42. The van der Waals surface area contributed by atoms with E-state index >= 15 is 0 Å². The number of nitrogens with two attached hydrogens (primary N) is 3. The summed E-state index contributed by atoms with van der Waals surface area (Å²) >= 11 is 0. The fraction of sp³-hybridized carbons (Fsp3) is 0.400. The number of carboxylic acids is 2. The number of hydrogen-bond donors (Lipinski definition) is 9. The van der Waals surface area contributed by atoms with Crippen LogP contribution in [0.4, 0.5) is 0 Å². The number of aliphatic imine (C=N–C) groups is 1. The summed E-state index contributed by atoms with van der Waals surface area (Å²) in [4.78, 5) is 72.7. The van der Waals surface area contributed by atoms with Gasteiger partial charge in [0.15, 0.2) is 5.96 Å². The third-order valence-electron chi connectivity index (χ3n) is 5.83. The second kappa shape index (κ2) is 16.2. The largest absolute Gasteiger partial charge is 0.481 e. The van der Waals surface area contributed by atoms with Gasteiger partial charge in [0.1, 0.15) is 18.1 Å². The molecule has 0 saturated heterocycles. The molecule has 4 unspecified atom stereocenters. The second-order valence-corrected chi connectivity index (χ2v) is 9.15. The lowest BCUT2D eigenvalue weighted by molar-refractivity contribution is -0.143. The van der Waals surface area contributed by atoms with Gasteiger partial charge in [0, 0.05) is 31.3 Å². The van der Waals surface area contributed by atoms with Crippen LogP contribution in [0, 0.1) is 0 Å². The molecule has 0 fully saturated rings. The van der Waals surface area contributed by atoms with Crippen LogP contribution in [0.25, 0.3) is 0 Å². The maximum Gasteiger partial charge on any atom is 0.326 e. The molecule has 2 rings (SSSR count). The Morgan fingerprint density at radius 3 is 2.12 bits per heavy atom. The van der Waals surface area contributed by atoms with Gasteiger partial charge in [-0.1, -0.05) is 30.3 Å². The van der Waals surface area contributed by atoms with Crippen LogP contribution in [0.15, 0.2) is 47.8 Å². The number of aromatic amines is 1. The molecule has 12 N–H and O–H groups in total. The summed E-state index contributed by atoms with van der Waals surface area (Å²) in [6.45, 7) is 0.217. The number of imidazole rings is 1. The molecule has 0 radical (unpaired) electrons. The van der Waals surface area contributed by atoms with Gasteiger partial charge in [0.25, 0.3) is 0 Å². The normalized spacial score (nSPS) is 13.6. The second-order valence-electron chi connectivity index (χ2n) is 9.15. The quantitative estimate of drug-likeness (QED) is 0.0545. The summed E-state index contributed by atoms with van der Waals surface area (Å²) in [5, 5.41) is 26.2. The topological polar surface area (TPSA) is 281 Å². The van der Waals surface area contributed by atoms with E-state index in [9.17, 15) is 34.2 Å². The van der Waals surface area contributed by atoms with E-state index in [1.165, 1.54) is 12.5 Å². The number of H-pyrrole nitrogens is 1. The molecule has 0 aliphatic carbocycles. The Labute approximate surface area is 235 Å². The zero-order valence-electron chi connectivity index (χ0n) is 22.2. The Kier molecular flexibility index (Phi) is 12.7. The number of amides is 3. The van der Waals surface area contributed by atoms with Crippen molar-refractivity contribution in [3.8, 4) is 0 Å². The lowest BCUT2D eigenvalue weighted by atomic mass is 10.0. The van der Waals surface area contributed by atoms with Crippen LogP contribution in [-0.2, 0) is 36.8 Å². The van der Waals surface area contributed by atoms with E-state index in [-0.39, 0.29) is 31.8 Å². The average Bonchev–Trinajstić information content (AvgIpc) is 3.43. The molecule has 0 aliphatic heterocycles. The number of carboxylic acid groups (broad SMARTS) is 2. The lowest BCUT2D eigenvalue weighted by Crippen LogP contribution is -2.58. The minimum absolute atomic E-state index is 0.0224. The van der Waals surface area contributed by atoms with Crippen LogP contribution in [-0.4, -0.2) is 86.5 Å². The first-order valence-electron chi connectivity index (χ1n) is 12.6. The van der Waals surface area contributed by atoms with Crippen molar-refractivity contribution in [3.05, 3.63) is 54.1 Å². The van der Waals surface area contributed by atoms with Crippen molar-refractivity contribution in [1.29, 1.82) is 0 Å². The molecule has 0 bridgehead atoms. The van der Waals surface area contributed by atoms with Crippen molar-refractivity contribution in [2.75, 3.05) is 6.54 Å². The molecule has 1 heterocycles. The number of aromatic nitrogens is 2. The predicted molar refractivity (Wildman–Crippen MR) is 146 cm³/mol. The van der Waals surface area contributed by atoms with E-state index in [1.54, 1.807) is 30.3 Å². The standard InChI is InChI=1S/C25H35N9O7/c26-16(7-4-8-30-25(27)28)21(37)32-18(11-20(35)36)23(39)33-17(10-15-12-29-13-31-15)22(38)34-19(24(40)41)9-14-5-2-1-3-6-14/h1-3,5-6,12-13,16-19H,4,7-11,26H2,(H,29,31)(H,32,37)(H,33,39)(H,34,38)(H,35,36)(H,40,41)(H4,27,28,30). The van der Waals surface area contributed by atoms with E-state index in [2.05, 4.69) is 30.9 Å². The number of nitrogens with zero attached hydrogens (tertiary/aromatic N) is 2. The molecular formula is C25H35N9O7. The van der Waals surface area contributed by atoms with Gasteiger partial charge in [0.05, 0.1) is 18.8 Å². The number of benzene rings is 1. The summed E-state index contributed by atoms with van der Waals surface area (Å²) in [6.07, 6.45) is 2.29. The van der Waals surface area contributed by atoms with Gasteiger partial charge in [0.2, 0.25) is 17.7 Å². The highest BCUT2D eigenvalue weighted by atomic mass is 16.4. The molecule has 4 atom stereocenters. The highest BCUT2D eigenvalue weighted by Crippen LogP contribution is 2.07. The molecule has 0 aliphatic rings. The fourth-order valence-corrected chi connectivity index (χ4v) is 3.73. The third kappa shape index (κ3) is 11.7.